The molecule has 0 aliphatic heterocycles. The van der Waals surface area contributed by atoms with Gasteiger partial charge in [-0.1, -0.05) is 12.2 Å². The minimum atomic E-state index is -0.154. The SMILES string of the molecule is OCC1(CO)C[C@@H]2[C@H](C1)[C@@H]1C=C[C@H]2C1. The Kier molecular flexibility index (Phi) is 1.80. The Balaban J connectivity index is 1.84. The highest BCUT2D eigenvalue weighted by Gasteiger charge is 2.54. The Morgan fingerprint density at radius 2 is 1.50 bits per heavy atom. The van der Waals surface area contributed by atoms with Gasteiger partial charge in [-0.2, -0.15) is 0 Å². The van der Waals surface area contributed by atoms with Crippen LogP contribution in [0.25, 0.3) is 0 Å². The summed E-state index contributed by atoms with van der Waals surface area (Å²) < 4.78 is 0. The van der Waals surface area contributed by atoms with Crippen LogP contribution in [0.4, 0.5) is 0 Å². The van der Waals surface area contributed by atoms with Gasteiger partial charge in [0.05, 0.1) is 13.2 Å². The van der Waals surface area contributed by atoms with Crippen LogP contribution in [-0.2, 0) is 0 Å². The Labute approximate surface area is 84.6 Å². The monoisotopic (exact) mass is 194 g/mol. The molecule has 78 valence electrons. The number of allylic oxidation sites excluding steroid dienone is 2. The first-order valence-corrected chi connectivity index (χ1v) is 5.68. The van der Waals surface area contributed by atoms with E-state index in [1.807, 2.05) is 0 Å². The first kappa shape index (κ1) is 8.93. The van der Waals surface area contributed by atoms with Crippen molar-refractivity contribution >= 4 is 0 Å². The molecule has 2 fully saturated rings. The molecule has 0 amide bonds. The van der Waals surface area contributed by atoms with Gasteiger partial charge in [0.25, 0.3) is 0 Å². The van der Waals surface area contributed by atoms with Crippen molar-refractivity contribution in [1.82, 2.24) is 0 Å². The van der Waals surface area contributed by atoms with Gasteiger partial charge in [0, 0.05) is 5.41 Å². The van der Waals surface area contributed by atoms with Gasteiger partial charge in [-0.15, -0.1) is 0 Å². The van der Waals surface area contributed by atoms with E-state index < -0.39 is 0 Å². The van der Waals surface area contributed by atoms with Crippen LogP contribution in [0.1, 0.15) is 19.3 Å². The first-order valence-electron chi connectivity index (χ1n) is 5.68. The minimum Gasteiger partial charge on any atom is -0.396 e. The summed E-state index contributed by atoms with van der Waals surface area (Å²) in [6, 6.07) is 0. The zero-order valence-electron chi connectivity index (χ0n) is 8.39. The average molecular weight is 194 g/mol. The van der Waals surface area contributed by atoms with Crippen molar-refractivity contribution in [2.24, 2.45) is 29.1 Å². The van der Waals surface area contributed by atoms with Gasteiger partial charge in [0.1, 0.15) is 0 Å². The Morgan fingerprint density at radius 1 is 1.00 bits per heavy atom. The van der Waals surface area contributed by atoms with E-state index in [0.29, 0.717) is 0 Å². The van der Waals surface area contributed by atoms with E-state index in [0.717, 1.165) is 36.5 Å². The van der Waals surface area contributed by atoms with Crippen LogP contribution in [0.3, 0.4) is 0 Å². The predicted octanol–water partition coefficient (Wildman–Crippen LogP) is 1.19. The highest BCUT2D eigenvalue weighted by Crippen LogP contribution is 2.60. The van der Waals surface area contributed by atoms with Crippen LogP contribution in [0, 0.1) is 29.1 Å². The number of fused-ring (bicyclic) bond motifs is 5. The molecule has 0 aromatic heterocycles. The third-order valence-electron chi connectivity index (χ3n) is 4.81. The topological polar surface area (TPSA) is 40.5 Å². The van der Waals surface area contributed by atoms with Crippen molar-refractivity contribution in [2.45, 2.75) is 19.3 Å². The summed E-state index contributed by atoms with van der Waals surface area (Å²) in [4.78, 5) is 0. The molecule has 14 heavy (non-hydrogen) atoms. The summed E-state index contributed by atoms with van der Waals surface area (Å²) in [7, 11) is 0. The fourth-order valence-corrected chi connectivity index (χ4v) is 4.02. The molecule has 3 aliphatic carbocycles. The molecule has 0 unspecified atom stereocenters. The van der Waals surface area contributed by atoms with Gasteiger partial charge in [0.2, 0.25) is 0 Å². The van der Waals surface area contributed by atoms with E-state index in [4.69, 9.17) is 0 Å². The van der Waals surface area contributed by atoms with E-state index >= 15 is 0 Å². The minimum absolute atomic E-state index is 0.154. The van der Waals surface area contributed by atoms with Gasteiger partial charge >= 0.3 is 0 Å². The summed E-state index contributed by atoms with van der Waals surface area (Å²) in [5.41, 5.74) is -0.154. The van der Waals surface area contributed by atoms with Crippen LogP contribution in [0.15, 0.2) is 12.2 Å². The summed E-state index contributed by atoms with van der Waals surface area (Å²) in [5, 5.41) is 18.8. The molecule has 0 aromatic carbocycles. The zero-order valence-corrected chi connectivity index (χ0v) is 8.39. The lowest BCUT2D eigenvalue weighted by Crippen LogP contribution is -2.27. The van der Waals surface area contributed by atoms with Crippen LogP contribution in [0.5, 0.6) is 0 Å². The normalized spacial score (nSPS) is 47.3. The van der Waals surface area contributed by atoms with Crippen LogP contribution >= 0.6 is 0 Å². The van der Waals surface area contributed by atoms with Crippen molar-refractivity contribution in [1.29, 1.82) is 0 Å². The molecular weight excluding hydrogens is 176 g/mol. The lowest BCUT2D eigenvalue weighted by molar-refractivity contribution is 0.0510. The number of hydrogen-bond acceptors (Lipinski definition) is 2. The van der Waals surface area contributed by atoms with Crippen LogP contribution < -0.4 is 0 Å². The third kappa shape index (κ3) is 0.986. The molecular formula is C12H18O2. The number of hydrogen-bond donors (Lipinski definition) is 2. The molecule has 3 aliphatic rings. The second kappa shape index (κ2) is 2.83. The summed E-state index contributed by atoms with van der Waals surface area (Å²) in [5.74, 6) is 3.02. The third-order valence-corrected chi connectivity index (χ3v) is 4.81. The van der Waals surface area contributed by atoms with Crippen molar-refractivity contribution in [3.05, 3.63) is 12.2 Å². The van der Waals surface area contributed by atoms with Crippen molar-refractivity contribution in [3.8, 4) is 0 Å². The van der Waals surface area contributed by atoms with E-state index in [2.05, 4.69) is 12.2 Å². The summed E-state index contributed by atoms with van der Waals surface area (Å²) in [6.07, 6.45) is 8.13. The highest BCUT2D eigenvalue weighted by atomic mass is 16.3. The first-order chi connectivity index (χ1) is 6.78. The molecule has 0 radical (unpaired) electrons. The Morgan fingerprint density at radius 3 is 1.93 bits per heavy atom. The molecule has 0 spiro atoms. The molecule has 2 saturated carbocycles. The Hall–Kier alpha value is -0.340. The van der Waals surface area contributed by atoms with E-state index in [-0.39, 0.29) is 18.6 Å². The van der Waals surface area contributed by atoms with E-state index in [1.54, 1.807) is 0 Å². The maximum Gasteiger partial charge on any atom is 0.0509 e. The van der Waals surface area contributed by atoms with Gasteiger partial charge in [-0.3, -0.25) is 0 Å². The molecule has 2 heteroatoms. The van der Waals surface area contributed by atoms with E-state index in [1.165, 1.54) is 6.42 Å². The molecule has 0 saturated heterocycles. The largest absolute Gasteiger partial charge is 0.396 e. The molecule has 0 heterocycles. The quantitative estimate of drug-likeness (QED) is 0.648. The lowest BCUT2D eigenvalue weighted by Gasteiger charge is -2.25. The smallest absolute Gasteiger partial charge is 0.0509 e. The molecule has 0 aromatic rings. The second-order valence-corrected chi connectivity index (χ2v) is 5.50. The fraction of sp³-hybridized carbons (Fsp3) is 0.833. The summed E-state index contributed by atoms with van der Waals surface area (Å²) >= 11 is 0. The molecule has 3 rings (SSSR count). The maximum atomic E-state index is 9.38. The lowest BCUT2D eigenvalue weighted by atomic mass is 9.84. The molecule has 4 atom stereocenters. The molecule has 2 bridgehead atoms. The van der Waals surface area contributed by atoms with Gasteiger partial charge in [-0.25, -0.2) is 0 Å². The zero-order chi connectivity index (χ0) is 9.76. The molecule has 2 nitrogen and oxygen atoms in total. The predicted molar refractivity (Wildman–Crippen MR) is 53.6 cm³/mol. The van der Waals surface area contributed by atoms with Crippen LogP contribution in [0.2, 0.25) is 0 Å². The number of rotatable bonds is 2. The second-order valence-electron chi connectivity index (χ2n) is 5.50. The fourth-order valence-electron chi connectivity index (χ4n) is 4.02. The van der Waals surface area contributed by atoms with Crippen molar-refractivity contribution in [3.63, 3.8) is 0 Å². The number of aliphatic hydroxyl groups excluding tert-OH is 2. The van der Waals surface area contributed by atoms with Crippen molar-refractivity contribution in [2.75, 3.05) is 13.2 Å². The van der Waals surface area contributed by atoms with Crippen molar-refractivity contribution < 1.29 is 10.2 Å². The van der Waals surface area contributed by atoms with Gasteiger partial charge in [0.15, 0.2) is 0 Å². The van der Waals surface area contributed by atoms with Gasteiger partial charge in [-0.05, 0) is 42.9 Å². The Bertz CT molecular complexity index is 245. The standard InChI is InChI=1S/C12H18O2/c13-6-12(7-14)4-10-8-1-2-9(3-8)11(10)5-12/h1-2,8-11,13-14H,3-7H2/t8-,9+,10-,11+. The average Bonchev–Trinajstić information content (AvgIpc) is 2.88. The van der Waals surface area contributed by atoms with Gasteiger partial charge < -0.3 is 10.2 Å². The summed E-state index contributed by atoms with van der Waals surface area (Å²) in [6.45, 7) is 0.325. The highest BCUT2D eigenvalue weighted by molar-refractivity contribution is 5.17. The van der Waals surface area contributed by atoms with Crippen LogP contribution in [-0.4, -0.2) is 23.4 Å². The van der Waals surface area contributed by atoms with E-state index in [9.17, 15) is 10.2 Å². The number of aliphatic hydroxyl groups is 2. The molecule has 2 N–H and O–H groups in total. The maximum absolute atomic E-state index is 9.38.